The van der Waals surface area contributed by atoms with Gasteiger partial charge >= 0.3 is 0 Å². The van der Waals surface area contributed by atoms with Gasteiger partial charge in [0.1, 0.15) is 15.6 Å². The lowest BCUT2D eigenvalue weighted by atomic mass is 10.1. The molecular weight excluding hydrogens is 426 g/mol. The molecule has 154 valence electrons. The second kappa shape index (κ2) is 8.09. The van der Waals surface area contributed by atoms with Crippen LogP contribution in [0.3, 0.4) is 0 Å². The minimum absolute atomic E-state index is 0.0307. The summed E-state index contributed by atoms with van der Waals surface area (Å²) in [5.41, 5.74) is 3.89. The van der Waals surface area contributed by atoms with E-state index in [0.29, 0.717) is 11.9 Å². The first-order valence-corrected chi connectivity index (χ1v) is 11.5. The predicted octanol–water partition coefficient (Wildman–Crippen LogP) is 5.61. The SMILES string of the molecule is COc1cccc(-c2nc(Cn3cnc4sc(-c5ccccc5)c(C)c4c3=O)cs2)c1. The molecule has 5 aromatic rings. The number of hydrogen-bond donors (Lipinski definition) is 0. The van der Waals surface area contributed by atoms with E-state index in [0.717, 1.165) is 42.8 Å². The molecule has 5 rings (SSSR count). The Morgan fingerprint density at radius 2 is 1.87 bits per heavy atom. The van der Waals surface area contributed by atoms with Gasteiger partial charge in [-0.15, -0.1) is 22.7 Å². The molecular formula is C24H19N3O2S2. The summed E-state index contributed by atoms with van der Waals surface area (Å²) in [4.78, 5) is 24.4. The van der Waals surface area contributed by atoms with Crippen LogP contribution in [0.2, 0.25) is 0 Å². The molecule has 0 bridgehead atoms. The number of hydrogen-bond acceptors (Lipinski definition) is 6. The number of aromatic nitrogens is 3. The highest BCUT2D eigenvalue weighted by molar-refractivity contribution is 7.22. The molecule has 0 N–H and O–H groups in total. The van der Waals surface area contributed by atoms with Crippen LogP contribution in [-0.4, -0.2) is 21.6 Å². The van der Waals surface area contributed by atoms with Crippen LogP contribution in [0.25, 0.3) is 31.2 Å². The summed E-state index contributed by atoms with van der Waals surface area (Å²) in [6.45, 7) is 2.39. The Bertz CT molecular complexity index is 1430. The molecule has 0 atom stereocenters. The number of aryl methyl sites for hydroxylation is 1. The molecule has 3 heterocycles. The van der Waals surface area contributed by atoms with Gasteiger partial charge in [-0.05, 0) is 30.2 Å². The zero-order valence-electron chi connectivity index (χ0n) is 17.0. The normalized spacial score (nSPS) is 11.2. The number of thiophene rings is 1. The summed E-state index contributed by atoms with van der Waals surface area (Å²) in [5, 5.41) is 3.57. The van der Waals surface area contributed by atoms with Crippen molar-refractivity contribution >= 4 is 32.9 Å². The van der Waals surface area contributed by atoms with E-state index in [4.69, 9.17) is 9.72 Å². The summed E-state index contributed by atoms with van der Waals surface area (Å²) in [5.74, 6) is 0.794. The first-order valence-electron chi connectivity index (χ1n) is 9.77. The van der Waals surface area contributed by atoms with Gasteiger partial charge in [0.05, 0.1) is 31.1 Å². The second-order valence-corrected chi connectivity index (χ2v) is 9.01. The van der Waals surface area contributed by atoms with Gasteiger partial charge < -0.3 is 4.74 Å². The molecule has 0 fully saturated rings. The molecule has 0 spiro atoms. The van der Waals surface area contributed by atoms with Crippen molar-refractivity contribution in [2.75, 3.05) is 7.11 Å². The minimum atomic E-state index is -0.0307. The molecule has 0 radical (unpaired) electrons. The van der Waals surface area contributed by atoms with Crippen molar-refractivity contribution < 1.29 is 4.74 Å². The smallest absolute Gasteiger partial charge is 0.262 e. The van der Waals surface area contributed by atoms with E-state index >= 15 is 0 Å². The minimum Gasteiger partial charge on any atom is -0.497 e. The van der Waals surface area contributed by atoms with Crippen LogP contribution < -0.4 is 10.3 Å². The quantitative estimate of drug-likeness (QED) is 0.353. The number of thiazole rings is 1. The van der Waals surface area contributed by atoms with Crippen LogP contribution in [0.15, 0.2) is 71.1 Å². The van der Waals surface area contributed by atoms with Crippen molar-refractivity contribution in [1.82, 2.24) is 14.5 Å². The van der Waals surface area contributed by atoms with Gasteiger partial charge in [-0.1, -0.05) is 42.5 Å². The molecule has 7 heteroatoms. The first-order chi connectivity index (χ1) is 15.1. The van der Waals surface area contributed by atoms with Gasteiger partial charge in [0.2, 0.25) is 0 Å². The van der Waals surface area contributed by atoms with Crippen molar-refractivity contribution in [2.24, 2.45) is 0 Å². The number of rotatable bonds is 5. The Morgan fingerprint density at radius 3 is 2.68 bits per heavy atom. The van der Waals surface area contributed by atoms with Gasteiger partial charge in [0, 0.05) is 15.8 Å². The van der Waals surface area contributed by atoms with E-state index in [1.807, 2.05) is 54.8 Å². The van der Waals surface area contributed by atoms with Crippen LogP contribution in [0.5, 0.6) is 5.75 Å². The average molecular weight is 446 g/mol. The van der Waals surface area contributed by atoms with Gasteiger partial charge in [-0.2, -0.15) is 0 Å². The predicted molar refractivity (Wildman–Crippen MR) is 127 cm³/mol. The van der Waals surface area contributed by atoms with Crippen LogP contribution in [0.4, 0.5) is 0 Å². The number of benzene rings is 2. The third-order valence-corrected chi connectivity index (χ3v) is 7.34. The van der Waals surface area contributed by atoms with E-state index < -0.39 is 0 Å². The zero-order valence-corrected chi connectivity index (χ0v) is 18.7. The van der Waals surface area contributed by atoms with Crippen LogP contribution in [-0.2, 0) is 6.54 Å². The van der Waals surface area contributed by atoms with E-state index in [1.54, 1.807) is 40.7 Å². The second-order valence-electron chi connectivity index (χ2n) is 7.16. The van der Waals surface area contributed by atoms with E-state index in [9.17, 15) is 4.79 Å². The summed E-state index contributed by atoms with van der Waals surface area (Å²) in [6, 6.07) is 17.9. The lowest BCUT2D eigenvalue weighted by molar-refractivity contribution is 0.415. The Hall–Kier alpha value is -3.29. The Balaban J connectivity index is 1.49. The highest BCUT2D eigenvalue weighted by Gasteiger charge is 2.16. The zero-order chi connectivity index (χ0) is 21.4. The standard InChI is InChI=1S/C24H19N3O2S2/c1-15-20-23(31-21(15)16-7-4-3-5-8-16)25-14-27(24(20)28)12-18-13-30-22(26-18)17-9-6-10-19(11-17)29-2/h3-11,13-14H,12H2,1-2H3. The Morgan fingerprint density at radius 1 is 1.06 bits per heavy atom. The number of methoxy groups -OCH3 is 1. The molecule has 0 aliphatic heterocycles. The van der Waals surface area contributed by atoms with E-state index in [2.05, 4.69) is 17.1 Å². The van der Waals surface area contributed by atoms with Crippen LogP contribution in [0, 0.1) is 6.92 Å². The van der Waals surface area contributed by atoms with Crippen LogP contribution >= 0.6 is 22.7 Å². The van der Waals surface area contributed by atoms with Gasteiger partial charge in [0.15, 0.2) is 0 Å². The maximum absolute atomic E-state index is 13.2. The molecule has 3 aromatic heterocycles. The van der Waals surface area contributed by atoms with E-state index in [1.165, 1.54) is 0 Å². The average Bonchev–Trinajstić information content (AvgIpc) is 3.41. The fraction of sp³-hybridized carbons (Fsp3) is 0.125. The molecule has 2 aromatic carbocycles. The lowest BCUT2D eigenvalue weighted by Gasteiger charge is -2.04. The molecule has 0 unspecified atom stereocenters. The number of fused-ring (bicyclic) bond motifs is 1. The topological polar surface area (TPSA) is 57.0 Å². The summed E-state index contributed by atoms with van der Waals surface area (Å²) < 4.78 is 6.94. The molecule has 31 heavy (non-hydrogen) atoms. The third kappa shape index (κ3) is 3.66. The van der Waals surface area contributed by atoms with Crippen molar-refractivity contribution in [3.05, 3.63) is 87.9 Å². The number of ether oxygens (including phenoxy) is 1. The van der Waals surface area contributed by atoms with Crippen molar-refractivity contribution in [3.63, 3.8) is 0 Å². The van der Waals surface area contributed by atoms with Crippen molar-refractivity contribution in [2.45, 2.75) is 13.5 Å². The van der Waals surface area contributed by atoms with Gasteiger partial charge in [0.25, 0.3) is 5.56 Å². The van der Waals surface area contributed by atoms with Gasteiger partial charge in [-0.25, -0.2) is 9.97 Å². The summed E-state index contributed by atoms with van der Waals surface area (Å²) in [6.07, 6.45) is 1.62. The lowest BCUT2D eigenvalue weighted by Crippen LogP contribution is -2.21. The van der Waals surface area contributed by atoms with Crippen LogP contribution in [0.1, 0.15) is 11.3 Å². The maximum atomic E-state index is 13.2. The molecule has 0 saturated carbocycles. The molecule has 0 aliphatic rings. The molecule has 0 saturated heterocycles. The molecule has 0 aliphatic carbocycles. The number of nitrogens with zero attached hydrogens (tertiary/aromatic N) is 3. The first kappa shape index (κ1) is 19.7. The molecule has 0 amide bonds. The largest absolute Gasteiger partial charge is 0.497 e. The highest BCUT2D eigenvalue weighted by atomic mass is 32.1. The fourth-order valence-electron chi connectivity index (χ4n) is 3.58. The highest BCUT2D eigenvalue weighted by Crippen LogP contribution is 2.35. The monoisotopic (exact) mass is 445 g/mol. The fourth-order valence-corrected chi connectivity index (χ4v) is 5.53. The summed E-state index contributed by atoms with van der Waals surface area (Å²) in [7, 11) is 1.65. The van der Waals surface area contributed by atoms with E-state index in [-0.39, 0.29) is 5.56 Å². The molecule has 5 nitrogen and oxygen atoms in total. The van der Waals surface area contributed by atoms with Crippen molar-refractivity contribution in [3.8, 4) is 26.8 Å². The van der Waals surface area contributed by atoms with Gasteiger partial charge in [-0.3, -0.25) is 9.36 Å². The third-order valence-electron chi connectivity index (χ3n) is 5.15. The Labute approximate surface area is 187 Å². The Kier molecular flexibility index (Phi) is 5.13. The summed E-state index contributed by atoms with van der Waals surface area (Å²) >= 11 is 3.12. The maximum Gasteiger partial charge on any atom is 0.262 e. The van der Waals surface area contributed by atoms with Crippen molar-refractivity contribution in [1.29, 1.82) is 0 Å².